The largest absolute Gasteiger partial charge is 0.389 e. The molecule has 2 aliphatic rings. The molecule has 2 saturated heterocycles. The molecule has 156 valence electrons. The highest BCUT2D eigenvalue weighted by molar-refractivity contribution is 5.15. The van der Waals surface area contributed by atoms with Crippen LogP contribution in [0, 0.1) is 0 Å². The van der Waals surface area contributed by atoms with Crippen molar-refractivity contribution in [3.05, 3.63) is 71.8 Å². The minimum atomic E-state index is -0.750. The van der Waals surface area contributed by atoms with E-state index in [9.17, 15) is 5.11 Å². The van der Waals surface area contributed by atoms with Crippen LogP contribution in [-0.4, -0.2) is 48.1 Å². The zero-order valence-corrected chi connectivity index (χ0v) is 16.9. The van der Waals surface area contributed by atoms with Crippen molar-refractivity contribution in [2.75, 3.05) is 6.54 Å². The minimum Gasteiger partial charge on any atom is -0.389 e. The molecule has 4 rings (SSSR count). The van der Waals surface area contributed by atoms with E-state index < -0.39 is 30.4 Å². The van der Waals surface area contributed by atoms with E-state index in [1.54, 1.807) is 0 Å². The number of aliphatic hydroxyl groups is 1. The van der Waals surface area contributed by atoms with Gasteiger partial charge in [-0.2, -0.15) is 0 Å². The number of hydrogen-bond donors (Lipinski definition) is 2. The van der Waals surface area contributed by atoms with E-state index in [2.05, 4.69) is 5.32 Å². The topological polar surface area (TPSA) is 69.2 Å². The number of aliphatic hydroxyl groups excluding tert-OH is 1. The van der Waals surface area contributed by atoms with Gasteiger partial charge >= 0.3 is 0 Å². The first-order chi connectivity index (χ1) is 14.0. The number of rotatable bonds is 8. The lowest BCUT2D eigenvalue weighted by molar-refractivity contribution is -0.230. The van der Waals surface area contributed by atoms with E-state index in [-0.39, 0.29) is 6.10 Å². The van der Waals surface area contributed by atoms with Crippen LogP contribution >= 0.6 is 0 Å². The second kappa shape index (κ2) is 8.92. The van der Waals surface area contributed by atoms with Crippen molar-refractivity contribution in [2.45, 2.75) is 63.5 Å². The lowest BCUT2D eigenvalue weighted by Crippen LogP contribution is -2.46. The fraction of sp³-hybridized carbons (Fsp3) is 0.478. The Bertz CT molecular complexity index is 769. The van der Waals surface area contributed by atoms with Gasteiger partial charge in [0.15, 0.2) is 12.1 Å². The Morgan fingerprint density at radius 3 is 2.34 bits per heavy atom. The summed E-state index contributed by atoms with van der Waals surface area (Å²) in [6.45, 7) is 5.19. The number of hydrogen-bond acceptors (Lipinski definition) is 6. The number of fused-ring (bicyclic) bond motifs is 1. The molecule has 5 atom stereocenters. The van der Waals surface area contributed by atoms with E-state index >= 15 is 0 Å². The molecule has 0 aliphatic carbocycles. The van der Waals surface area contributed by atoms with Crippen LogP contribution in [0.25, 0.3) is 0 Å². The van der Waals surface area contributed by atoms with Gasteiger partial charge in [-0.1, -0.05) is 60.7 Å². The molecule has 0 amide bonds. The predicted molar refractivity (Wildman–Crippen MR) is 108 cm³/mol. The summed E-state index contributed by atoms with van der Waals surface area (Å²) in [6, 6.07) is 20.0. The summed E-state index contributed by atoms with van der Waals surface area (Å²) in [7, 11) is 0. The molecule has 0 bridgehead atoms. The van der Waals surface area contributed by atoms with Gasteiger partial charge < -0.3 is 29.4 Å². The van der Waals surface area contributed by atoms with E-state index in [0.717, 1.165) is 11.1 Å². The maximum Gasteiger partial charge on any atom is 0.190 e. The highest BCUT2D eigenvalue weighted by Crippen LogP contribution is 2.39. The molecule has 2 heterocycles. The van der Waals surface area contributed by atoms with Crippen LogP contribution in [0.4, 0.5) is 0 Å². The maximum absolute atomic E-state index is 10.8. The smallest absolute Gasteiger partial charge is 0.190 e. The molecule has 2 aromatic rings. The fourth-order valence-electron chi connectivity index (χ4n) is 3.85. The Morgan fingerprint density at radius 1 is 1.00 bits per heavy atom. The summed E-state index contributed by atoms with van der Waals surface area (Å²) in [5.74, 6) is -0.731. The summed E-state index contributed by atoms with van der Waals surface area (Å²) in [4.78, 5) is 0. The van der Waals surface area contributed by atoms with Crippen LogP contribution in [0.3, 0.4) is 0 Å². The van der Waals surface area contributed by atoms with E-state index in [4.69, 9.17) is 18.9 Å². The summed E-state index contributed by atoms with van der Waals surface area (Å²) >= 11 is 0. The Morgan fingerprint density at radius 2 is 1.66 bits per heavy atom. The monoisotopic (exact) mass is 399 g/mol. The SMILES string of the molecule is CC1(C)O[C@H]2O[C@H]([C@@H](O)CNCc3ccccc3)[C@H](OCc3ccccc3)[C@H]2O1. The standard InChI is InChI=1S/C23H29NO5/c1-23(2)28-21-20(26-15-17-11-7-4-8-12-17)19(27-22(21)29-23)18(25)14-24-13-16-9-5-3-6-10-16/h3-12,18-22,24-25H,13-15H2,1-2H3/t18-,19+,20-,21+,22+/m0/s1. The first kappa shape index (κ1) is 20.5. The van der Waals surface area contributed by atoms with Crippen LogP contribution in [-0.2, 0) is 32.1 Å². The highest BCUT2D eigenvalue weighted by atomic mass is 16.8. The van der Waals surface area contributed by atoms with Crippen molar-refractivity contribution in [1.82, 2.24) is 5.32 Å². The van der Waals surface area contributed by atoms with Crippen molar-refractivity contribution in [1.29, 1.82) is 0 Å². The normalized spacial score (nSPS) is 28.9. The molecule has 2 aromatic carbocycles. The minimum absolute atomic E-state index is 0.373. The molecule has 0 radical (unpaired) electrons. The van der Waals surface area contributed by atoms with Crippen molar-refractivity contribution >= 4 is 0 Å². The predicted octanol–water partition coefficient (Wildman–Crippen LogP) is 2.60. The second-order valence-corrected chi connectivity index (χ2v) is 8.01. The number of nitrogens with one attached hydrogen (secondary N) is 1. The Hall–Kier alpha value is -1.80. The van der Waals surface area contributed by atoms with Gasteiger partial charge in [0.25, 0.3) is 0 Å². The summed E-state index contributed by atoms with van der Waals surface area (Å²) in [5.41, 5.74) is 2.22. The summed E-state index contributed by atoms with van der Waals surface area (Å²) in [6.07, 6.45) is -2.62. The van der Waals surface area contributed by atoms with Crippen LogP contribution in [0.15, 0.2) is 60.7 Å². The van der Waals surface area contributed by atoms with Gasteiger partial charge in [-0.05, 0) is 25.0 Å². The van der Waals surface area contributed by atoms with Gasteiger partial charge in [0.2, 0.25) is 0 Å². The van der Waals surface area contributed by atoms with Gasteiger partial charge in [0.1, 0.15) is 18.3 Å². The Balaban J connectivity index is 1.38. The fourth-order valence-corrected chi connectivity index (χ4v) is 3.85. The van der Waals surface area contributed by atoms with Crippen LogP contribution < -0.4 is 5.32 Å². The van der Waals surface area contributed by atoms with Crippen molar-refractivity contribution < 1.29 is 24.1 Å². The average molecular weight is 399 g/mol. The third-order valence-electron chi connectivity index (χ3n) is 5.22. The molecule has 2 fully saturated rings. The first-order valence-electron chi connectivity index (χ1n) is 10.1. The van der Waals surface area contributed by atoms with Gasteiger partial charge in [-0.15, -0.1) is 0 Å². The van der Waals surface area contributed by atoms with E-state index in [1.165, 1.54) is 0 Å². The number of benzene rings is 2. The Labute approximate surface area is 171 Å². The van der Waals surface area contributed by atoms with E-state index in [1.807, 2.05) is 74.5 Å². The van der Waals surface area contributed by atoms with Crippen molar-refractivity contribution in [3.8, 4) is 0 Å². The molecule has 6 nitrogen and oxygen atoms in total. The molecular formula is C23H29NO5. The quantitative estimate of drug-likeness (QED) is 0.711. The average Bonchev–Trinajstić information content (AvgIpc) is 3.19. The molecule has 2 aliphatic heterocycles. The van der Waals surface area contributed by atoms with Crippen LogP contribution in [0.5, 0.6) is 0 Å². The first-order valence-corrected chi connectivity index (χ1v) is 10.1. The van der Waals surface area contributed by atoms with E-state index in [0.29, 0.717) is 19.7 Å². The van der Waals surface area contributed by atoms with Crippen molar-refractivity contribution in [2.24, 2.45) is 0 Å². The molecule has 2 N–H and O–H groups in total. The second-order valence-electron chi connectivity index (χ2n) is 8.01. The third-order valence-corrected chi connectivity index (χ3v) is 5.22. The van der Waals surface area contributed by atoms with Crippen LogP contribution in [0.2, 0.25) is 0 Å². The summed E-state index contributed by atoms with van der Waals surface area (Å²) < 4.78 is 24.1. The molecule has 0 aromatic heterocycles. The number of ether oxygens (including phenoxy) is 4. The van der Waals surface area contributed by atoms with Crippen LogP contribution in [0.1, 0.15) is 25.0 Å². The Kier molecular flexibility index (Phi) is 6.29. The third kappa shape index (κ3) is 5.04. The summed E-state index contributed by atoms with van der Waals surface area (Å²) in [5, 5.41) is 14.1. The molecule has 6 heteroatoms. The highest BCUT2D eigenvalue weighted by Gasteiger charge is 2.56. The van der Waals surface area contributed by atoms with Crippen molar-refractivity contribution in [3.63, 3.8) is 0 Å². The van der Waals surface area contributed by atoms with Gasteiger partial charge in [0, 0.05) is 13.1 Å². The lowest BCUT2D eigenvalue weighted by atomic mass is 10.0. The molecular weight excluding hydrogens is 370 g/mol. The lowest BCUT2D eigenvalue weighted by Gasteiger charge is -2.29. The van der Waals surface area contributed by atoms with Gasteiger partial charge in [-0.25, -0.2) is 0 Å². The molecule has 0 spiro atoms. The molecule has 0 saturated carbocycles. The zero-order valence-electron chi connectivity index (χ0n) is 16.9. The van der Waals surface area contributed by atoms with Gasteiger partial charge in [-0.3, -0.25) is 0 Å². The van der Waals surface area contributed by atoms with Gasteiger partial charge in [0.05, 0.1) is 12.7 Å². The molecule has 29 heavy (non-hydrogen) atoms. The zero-order chi connectivity index (χ0) is 20.3. The molecule has 0 unspecified atom stereocenters. The maximum atomic E-state index is 10.8.